The van der Waals surface area contributed by atoms with Crippen LogP contribution < -0.4 is 19.9 Å². The maximum atomic E-state index is 12.8. The van der Waals surface area contributed by atoms with E-state index in [4.69, 9.17) is 32.7 Å². The minimum absolute atomic E-state index is 0.00315. The molecule has 1 N–H and O–H groups in total. The van der Waals surface area contributed by atoms with E-state index >= 15 is 0 Å². The number of benzene rings is 2. The zero-order valence-electron chi connectivity index (χ0n) is 16.9. The van der Waals surface area contributed by atoms with Crippen LogP contribution in [-0.4, -0.2) is 25.5 Å². The Morgan fingerprint density at radius 3 is 2.50 bits per heavy atom. The Kier molecular flexibility index (Phi) is 6.90. The molecule has 0 aliphatic carbocycles. The summed E-state index contributed by atoms with van der Waals surface area (Å²) in [4.78, 5) is 25.2. The number of nitrogens with zero attached hydrogens (tertiary/aromatic N) is 1. The van der Waals surface area contributed by atoms with E-state index in [9.17, 15) is 9.59 Å². The fraction of sp³-hybridized carbons (Fsp3) is 0.273. The quantitative estimate of drug-likeness (QED) is 0.483. The van der Waals surface area contributed by atoms with Crippen molar-refractivity contribution < 1.29 is 19.1 Å². The van der Waals surface area contributed by atoms with Crippen molar-refractivity contribution in [1.29, 1.82) is 0 Å². The monoisotopic (exact) mass is 448 g/mol. The number of rotatable bonds is 7. The molecule has 0 saturated carbocycles. The molecule has 1 aliphatic rings. The molecule has 1 saturated heterocycles. The molecule has 158 valence electrons. The van der Waals surface area contributed by atoms with Crippen LogP contribution in [0.4, 0.5) is 5.69 Å². The van der Waals surface area contributed by atoms with Gasteiger partial charge in [0.25, 0.3) is 11.8 Å². The summed E-state index contributed by atoms with van der Waals surface area (Å²) < 4.78 is 11.2. The Morgan fingerprint density at radius 2 is 1.83 bits per heavy atom. The van der Waals surface area contributed by atoms with Gasteiger partial charge in [-0.2, -0.15) is 0 Å². The molecule has 1 aliphatic heterocycles. The van der Waals surface area contributed by atoms with Crippen LogP contribution in [0, 0.1) is 5.92 Å². The lowest BCUT2D eigenvalue weighted by Crippen LogP contribution is -2.35. The van der Waals surface area contributed by atoms with Crippen molar-refractivity contribution in [2.75, 3.05) is 18.7 Å². The zero-order chi connectivity index (χ0) is 21.8. The highest BCUT2D eigenvalue weighted by molar-refractivity contribution is 6.42. The number of anilines is 1. The maximum absolute atomic E-state index is 12.8. The van der Waals surface area contributed by atoms with Gasteiger partial charge in [-0.3, -0.25) is 15.0 Å². The molecule has 30 heavy (non-hydrogen) atoms. The van der Waals surface area contributed by atoms with Crippen LogP contribution in [0.25, 0.3) is 6.08 Å². The van der Waals surface area contributed by atoms with E-state index in [1.807, 2.05) is 0 Å². The SMILES string of the molecule is COc1cc(/C=C2/C(=O)NN(c3ccc(Cl)c(Cl)c3)C2=O)ccc1OCCC(C)C. The molecule has 0 aromatic heterocycles. The van der Waals surface area contributed by atoms with Crippen molar-refractivity contribution in [2.24, 2.45) is 5.92 Å². The molecule has 0 bridgehead atoms. The average Bonchev–Trinajstić information content (AvgIpc) is 2.99. The molecular formula is C22H22Cl2N2O4. The fourth-order valence-corrected chi connectivity index (χ4v) is 3.12. The lowest BCUT2D eigenvalue weighted by Gasteiger charge is -2.15. The molecule has 2 aromatic carbocycles. The Hall–Kier alpha value is -2.70. The lowest BCUT2D eigenvalue weighted by molar-refractivity contribution is -0.117. The standard InChI is InChI=1S/C22H22Cl2N2O4/c1-13(2)8-9-30-19-7-4-14(11-20(19)29-3)10-16-21(27)25-26(22(16)28)15-5-6-17(23)18(24)12-15/h4-7,10-13H,8-9H2,1-3H3,(H,25,27)/b16-10-. The van der Waals surface area contributed by atoms with Crippen LogP contribution in [0.15, 0.2) is 42.0 Å². The van der Waals surface area contributed by atoms with E-state index in [0.29, 0.717) is 40.3 Å². The van der Waals surface area contributed by atoms with Crippen LogP contribution in [-0.2, 0) is 9.59 Å². The Bertz CT molecular complexity index is 1000. The number of carbonyl (C=O) groups excluding carboxylic acids is 2. The molecule has 6 nitrogen and oxygen atoms in total. The van der Waals surface area contributed by atoms with Crippen LogP contribution in [0.1, 0.15) is 25.8 Å². The summed E-state index contributed by atoms with van der Waals surface area (Å²) in [5.41, 5.74) is 3.58. The second-order valence-corrected chi connectivity index (χ2v) is 7.99. The predicted molar refractivity (Wildman–Crippen MR) is 118 cm³/mol. The number of amides is 2. The molecule has 1 heterocycles. The molecule has 1 fully saturated rings. The Labute approximate surface area is 185 Å². The summed E-state index contributed by atoms with van der Waals surface area (Å²) >= 11 is 11.9. The van der Waals surface area contributed by atoms with Crippen molar-refractivity contribution >= 4 is 46.8 Å². The summed E-state index contributed by atoms with van der Waals surface area (Å²) in [6.45, 7) is 4.83. The third kappa shape index (κ3) is 4.89. The molecule has 0 radical (unpaired) electrons. The molecule has 8 heteroatoms. The van der Waals surface area contributed by atoms with Crippen molar-refractivity contribution in [2.45, 2.75) is 20.3 Å². The van der Waals surface area contributed by atoms with E-state index in [-0.39, 0.29) is 10.6 Å². The van der Waals surface area contributed by atoms with E-state index in [1.165, 1.54) is 12.1 Å². The number of halogens is 2. The first-order valence-corrected chi connectivity index (χ1v) is 10.2. The number of carbonyl (C=O) groups is 2. The second-order valence-electron chi connectivity index (χ2n) is 7.18. The van der Waals surface area contributed by atoms with Gasteiger partial charge in [0.1, 0.15) is 5.57 Å². The average molecular weight is 449 g/mol. The van der Waals surface area contributed by atoms with E-state index in [1.54, 1.807) is 37.4 Å². The van der Waals surface area contributed by atoms with Gasteiger partial charge in [0.2, 0.25) is 0 Å². The number of ether oxygens (including phenoxy) is 2. The third-order valence-electron chi connectivity index (χ3n) is 4.50. The molecule has 2 amide bonds. The lowest BCUT2D eigenvalue weighted by atomic mass is 10.1. The molecule has 2 aromatic rings. The normalized spacial score (nSPS) is 15.1. The van der Waals surface area contributed by atoms with Crippen molar-refractivity contribution in [1.82, 2.24) is 5.43 Å². The first-order chi connectivity index (χ1) is 14.3. The van der Waals surface area contributed by atoms with E-state index < -0.39 is 11.8 Å². The third-order valence-corrected chi connectivity index (χ3v) is 5.24. The van der Waals surface area contributed by atoms with E-state index in [2.05, 4.69) is 19.3 Å². The van der Waals surface area contributed by atoms with E-state index in [0.717, 1.165) is 11.4 Å². The van der Waals surface area contributed by atoms with Gasteiger partial charge in [-0.1, -0.05) is 43.1 Å². The van der Waals surface area contributed by atoms with Crippen LogP contribution in [0.3, 0.4) is 0 Å². The highest BCUT2D eigenvalue weighted by Gasteiger charge is 2.34. The first kappa shape index (κ1) is 22.0. The summed E-state index contributed by atoms with van der Waals surface area (Å²) in [5, 5.41) is 1.78. The Morgan fingerprint density at radius 1 is 1.07 bits per heavy atom. The second kappa shape index (κ2) is 9.41. The number of hydrogen-bond acceptors (Lipinski definition) is 4. The van der Waals surface area contributed by atoms with Crippen LogP contribution >= 0.6 is 23.2 Å². The minimum atomic E-state index is -0.512. The Balaban J connectivity index is 1.82. The minimum Gasteiger partial charge on any atom is -0.493 e. The number of nitrogens with one attached hydrogen (secondary N) is 1. The number of hydrazine groups is 1. The van der Waals surface area contributed by atoms with Gasteiger partial charge in [0, 0.05) is 0 Å². The largest absolute Gasteiger partial charge is 0.493 e. The smallest absolute Gasteiger partial charge is 0.282 e. The van der Waals surface area contributed by atoms with Gasteiger partial charge in [-0.15, -0.1) is 0 Å². The van der Waals surface area contributed by atoms with Gasteiger partial charge < -0.3 is 9.47 Å². The molecular weight excluding hydrogens is 427 g/mol. The summed E-state index contributed by atoms with van der Waals surface area (Å²) in [6, 6.07) is 9.92. The van der Waals surface area contributed by atoms with Crippen LogP contribution in [0.5, 0.6) is 11.5 Å². The van der Waals surface area contributed by atoms with Crippen molar-refractivity contribution in [3.63, 3.8) is 0 Å². The topological polar surface area (TPSA) is 67.9 Å². The number of hydrogen-bond donors (Lipinski definition) is 1. The first-order valence-electron chi connectivity index (χ1n) is 9.43. The highest BCUT2D eigenvalue weighted by atomic mass is 35.5. The predicted octanol–water partition coefficient (Wildman–Crippen LogP) is 4.89. The summed E-state index contributed by atoms with van der Waals surface area (Å²) in [6.07, 6.45) is 2.43. The summed E-state index contributed by atoms with van der Waals surface area (Å²) in [7, 11) is 1.54. The van der Waals surface area contributed by atoms with Gasteiger partial charge in [-0.25, -0.2) is 5.01 Å². The van der Waals surface area contributed by atoms with Gasteiger partial charge in [-0.05, 0) is 54.3 Å². The van der Waals surface area contributed by atoms with Gasteiger partial charge in [0.15, 0.2) is 11.5 Å². The summed E-state index contributed by atoms with van der Waals surface area (Å²) in [5.74, 6) is 0.669. The van der Waals surface area contributed by atoms with Crippen LogP contribution in [0.2, 0.25) is 10.0 Å². The van der Waals surface area contributed by atoms with Crippen molar-refractivity contribution in [3.8, 4) is 11.5 Å². The molecule has 3 rings (SSSR count). The molecule has 0 spiro atoms. The molecule has 0 atom stereocenters. The number of methoxy groups -OCH3 is 1. The zero-order valence-corrected chi connectivity index (χ0v) is 18.4. The fourth-order valence-electron chi connectivity index (χ4n) is 2.83. The maximum Gasteiger partial charge on any atom is 0.282 e. The molecule has 0 unspecified atom stereocenters. The van der Waals surface area contributed by atoms with Crippen molar-refractivity contribution in [3.05, 3.63) is 57.6 Å². The van der Waals surface area contributed by atoms with Gasteiger partial charge >= 0.3 is 0 Å². The highest BCUT2D eigenvalue weighted by Crippen LogP contribution is 2.31. The van der Waals surface area contributed by atoms with Gasteiger partial charge in [0.05, 0.1) is 29.4 Å².